The monoisotopic (exact) mass is 224 g/mol. The summed E-state index contributed by atoms with van der Waals surface area (Å²) in [4.78, 5) is 13.4. The molecular formula is C12H20N2O2. The van der Waals surface area contributed by atoms with Crippen LogP contribution < -0.4 is 5.32 Å². The molecule has 2 fully saturated rings. The van der Waals surface area contributed by atoms with Gasteiger partial charge in [0.2, 0.25) is 0 Å². The van der Waals surface area contributed by atoms with E-state index in [1.807, 2.05) is 0 Å². The zero-order chi connectivity index (χ0) is 11.5. The van der Waals surface area contributed by atoms with E-state index in [0.717, 1.165) is 44.7 Å². The SMILES string of the molecule is C=C1CN(C(=O)NCC2CCOC(C)C2)C1. The Morgan fingerprint density at radius 3 is 3.00 bits per heavy atom. The van der Waals surface area contributed by atoms with Crippen LogP contribution in [0, 0.1) is 5.92 Å². The molecule has 4 nitrogen and oxygen atoms in total. The van der Waals surface area contributed by atoms with Crippen molar-refractivity contribution < 1.29 is 9.53 Å². The van der Waals surface area contributed by atoms with E-state index in [9.17, 15) is 4.79 Å². The number of carbonyl (C=O) groups excluding carboxylic acids is 1. The van der Waals surface area contributed by atoms with Crippen molar-refractivity contribution in [3.8, 4) is 0 Å². The fraction of sp³-hybridized carbons (Fsp3) is 0.750. The molecule has 0 bridgehead atoms. The Bertz CT molecular complexity index is 283. The summed E-state index contributed by atoms with van der Waals surface area (Å²) in [5, 5.41) is 2.99. The van der Waals surface area contributed by atoms with Crippen LogP contribution in [0.2, 0.25) is 0 Å². The molecule has 2 aliphatic rings. The topological polar surface area (TPSA) is 41.6 Å². The number of nitrogens with zero attached hydrogens (tertiary/aromatic N) is 1. The Morgan fingerprint density at radius 2 is 2.38 bits per heavy atom. The van der Waals surface area contributed by atoms with E-state index in [4.69, 9.17) is 4.74 Å². The number of rotatable bonds is 2. The molecule has 2 unspecified atom stereocenters. The van der Waals surface area contributed by atoms with Gasteiger partial charge in [0.05, 0.1) is 6.10 Å². The summed E-state index contributed by atoms with van der Waals surface area (Å²) >= 11 is 0. The molecule has 1 N–H and O–H groups in total. The molecule has 0 aliphatic carbocycles. The van der Waals surface area contributed by atoms with Crippen LogP contribution in [0.4, 0.5) is 4.79 Å². The Labute approximate surface area is 96.6 Å². The van der Waals surface area contributed by atoms with Gasteiger partial charge < -0.3 is 15.0 Å². The number of carbonyl (C=O) groups is 1. The molecule has 90 valence electrons. The van der Waals surface area contributed by atoms with Gasteiger partial charge in [0.25, 0.3) is 0 Å². The third kappa shape index (κ3) is 2.76. The maximum absolute atomic E-state index is 11.6. The molecule has 0 aromatic rings. The molecule has 2 rings (SSSR count). The maximum Gasteiger partial charge on any atom is 0.317 e. The molecule has 0 saturated carbocycles. The van der Waals surface area contributed by atoms with Crippen LogP contribution in [0.1, 0.15) is 19.8 Å². The molecule has 4 heteroatoms. The zero-order valence-corrected chi connectivity index (χ0v) is 9.87. The van der Waals surface area contributed by atoms with Crippen LogP contribution in [0.25, 0.3) is 0 Å². The van der Waals surface area contributed by atoms with Crippen molar-refractivity contribution in [3.05, 3.63) is 12.2 Å². The molecular weight excluding hydrogens is 204 g/mol. The molecule has 2 amide bonds. The van der Waals surface area contributed by atoms with Crippen LogP contribution >= 0.6 is 0 Å². The Morgan fingerprint density at radius 1 is 1.62 bits per heavy atom. The summed E-state index contributed by atoms with van der Waals surface area (Å²) in [6.07, 6.45) is 2.43. The van der Waals surface area contributed by atoms with Crippen LogP contribution in [0.5, 0.6) is 0 Å². The fourth-order valence-electron chi connectivity index (χ4n) is 2.26. The highest BCUT2D eigenvalue weighted by Gasteiger charge is 2.25. The predicted molar refractivity (Wildman–Crippen MR) is 62.2 cm³/mol. The largest absolute Gasteiger partial charge is 0.378 e. The fourth-order valence-corrected chi connectivity index (χ4v) is 2.26. The van der Waals surface area contributed by atoms with Crippen molar-refractivity contribution in [2.45, 2.75) is 25.9 Å². The lowest BCUT2D eigenvalue weighted by Crippen LogP contribution is -2.50. The van der Waals surface area contributed by atoms with Crippen LogP contribution in [0.3, 0.4) is 0 Å². The summed E-state index contributed by atoms with van der Waals surface area (Å²) < 4.78 is 5.47. The van der Waals surface area contributed by atoms with Crippen molar-refractivity contribution in [2.75, 3.05) is 26.2 Å². The van der Waals surface area contributed by atoms with E-state index >= 15 is 0 Å². The van der Waals surface area contributed by atoms with Gasteiger partial charge in [-0.2, -0.15) is 0 Å². The molecule has 0 spiro atoms. The highest BCUT2D eigenvalue weighted by Crippen LogP contribution is 2.19. The minimum Gasteiger partial charge on any atom is -0.378 e. The number of hydrogen-bond donors (Lipinski definition) is 1. The quantitative estimate of drug-likeness (QED) is 0.720. The van der Waals surface area contributed by atoms with Crippen LogP contribution in [-0.2, 0) is 4.74 Å². The molecule has 2 aliphatic heterocycles. The standard InChI is InChI=1S/C12H20N2O2/c1-9-7-14(8-9)12(15)13-6-11-3-4-16-10(2)5-11/h10-11H,1,3-8H2,2H3,(H,13,15). The summed E-state index contributed by atoms with van der Waals surface area (Å²) in [6.45, 7) is 8.94. The Balaban J connectivity index is 1.66. The van der Waals surface area contributed by atoms with Gasteiger partial charge in [-0.25, -0.2) is 4.79 Å². The minimum atomic E-state index is 0.0477. The summed E-state index contributed by atoms with van der Waals surface area (Å²) in [7, 11) is 0. The van der Waals surface area contributed by atoms with Gasteiger partial charge in [-0.1, -0.05) is 6.58 Å². The Hall–Kier alpha value is -1.03. The van der Waals surface area contributed by atoms with E-state index in [1.54, 1.807) is 4.90 Å². The van der Waals surface area contributed by atoms with Crippen molar-refractivity contribution in [3.63, 3.8) is 0 Å². The normalized spacial score (nSPS) is 29.8. The first-order valence-electron chi connectivity index (χ1n) is 5.96. The van der Waals surface area contributed by atoms with Gasteiger partial charge in [0.1, 0.15) is 0 Å². The number of nitrogens with one attached hydrogen (secondary N) is 1. The first-order chi connectivity index (χ1) is 7.65. The molecule has 16 heavy (non-hydrogen) atoms. The molecule has 0 aromatic carbocycles. The average Bonchev–Trinajstić information content (AvgIpc) is 2.22. The number of ether oxygens (including phenoxy) is 1. The molecule has 2 heterocycles. The first-order valence-corrected chi connectivity index (χ1v) is 5.96. The summed E-state index contributed by atoms with van der Waals surface area (Å²) in [5.41, 5.74) is 1.13. The van der Waals surface area contributed by atoms with E-state index in [2.05, 4.69) is 18.8 Å². The zero-order valence-electron chi connectivity index (χ0n) is 9.87. The van der Waals surface area contributed by atoms with Gasteiger partial charge in [-0.3, -0.25) is 0 Å². The predicted octanol–water partition coefficient (Wildman–Crippen LogP) is 1.38. The van der Waals surface area contributed by atoms with E-state index < -0.39 is 0 Å². The van der Waals surface area contributed by atoms with Crippen molar-refractivity contribution >= 4 is 6.03 Å². The lowest BCUT2D eigenvalue weighted by molar-refractivity contribution is 0.00320. The second kappa shape index (κ2) is 4.87. The second-order valence-corrected chi connectivity index (χ2v) is 4.86. The lowest BCUT2D eigenvalue weighted by atomic mass is 9.96. The average molecular weight is 224 g/mol. The third-order valence-electron chi connectivity index (χ3n) is 3.25. The van der Waals surface area contributed by atoms with Gasteiger partial charge in [0.15, 0.2) is 0 Å². The van der Waals surface area contributed by atoms with Crippen molar-refractivity contribution in [1.82, 2.24) is 10.2 Å². The second-order valence-electron chi connectivity index (χ2n) is 4.86. The van der Waals surface area contributed by atoms with Crippen molar-refractivity contribution in [2.24, 2.45) is 5.92 Å². The van der Waals surface area contributed by atoms with Crippen LogP contribution in [-0.4, -0.2) is 43.3 Å². The number of amides is 2. The minimum absolute atomic E-state index is 0.0477. The summed E-state index contributed by atoms with van der Waals surface area (Å²) in [5.74, 6) is 0.567. The molecule has 0 radical (unpaired) electrons. The number of likely N-dealkylation sites (tertiary alicyclic amines) is 1. The highest BCUT2D eigenvalue weighted by atomic mass is 16.5. The van der Waals surface area contributed by atoms with Gasteiger partial charge in [-0.15, -0.1) is 0 Å². The Kier molecular flexibility index (Phi) is 3.49. The highest BCUT2D eigenvalue weighted by molar-refractivity contribution is 5.76. The smallest absolute Gasteiger partial charge is 0.317 e. The van der Waals surface area contributed by atoms with Gasteiger partial charge in [-0.05, 0) is 31.3 Å². The summed E-state index contributed by atoms with van der Waals surface area (Å²) in [6, 6.07) is 0.0477. The van der Waals surface area contributed by atoms with E-state index in [-0.39, 0.29) is 6.03 Å². The molecule has 2 atom stereocenters. The number of hydrogen-bond acceptors (Lipinski definition) is 2. The van der Waals surface area contributed by atoms with Gasteiger partial charge >= 0.3 is 6.03 Å². The first kappa shape index (κ1) is 11.5. The number of urea groups is 1. The van der Waals surface area contributed by atoms with Crippen LogP contribution in [0.15, 0.2) is 12.2 Å². The van der Waals surface area contributed by atoms with E-state index in [0.29, 0.717) is 12.0 Å². The van der Waals surface area contributed by atoms with Gasteiger partial charge in [0, 0.05) is 26.2 Å². The third-order valence-corrected chi connectivity index (χ3v) is 3.25. The van der Waals surface area contributed by atoms with Crippen molar-refractivity contribution in [1.29, 1.82) is 0 Å². The molecule has 2 saturated heterocycles. The maximum atomic E-state index is 11.6. The molecule has 0 aromatic heterocycles. The van der Waals surface area contributed by atoms with E-state index in [1.165, 1.54) is 0 Å². The lowest BCUT2D eigenvalue weighted by Gasteiger charge is -2.34.